The number of hydrogen-bond donors (Lipinski definition) is 0. The second-order valence-corrected chi connectivity index (χ2v) is 19.6. The van der Waals surface area contributed by atoms with E-state index >= 15 is 0 Å². The van der Waals surface area contributed by atoms with E-state index in [4.69, 9.17) is 28.4 Å². The van der Waals surface area contributed by atoms with Crippen LogP contribution in [0, 0.1) is 23.7 Å². The SMILES string of the molecule is CC(C)(C)OC(=O)[C@@H](Cc1cccc(OCCOc2cccc(C[C@H](C(=O)OC(C)(C)C)[C@H]3CCN(C(=O)OC(C)(C)C)C3)c2)c1)[C@H]1CCN(C(=O)OC(C)(C)C)C1. The summed E-state index contributed by atoms with van der Waals surface area (Å²) >= 11 is 0. The van der Waals surface area contributed by atoms with Gasteiger partial charge in [0.1, 0.15) is 47.1 Å². The molecule has 2 fully saturated rings. The Hall–Kier alpha value is -4.48. The standard InChI is InChI=1S/C46H68N2O10/c1-43(2,3)55-39(49)37(33-19-21-47(29-33)41(51)57-45(7,8)9)27-31-15-13-17-35(25-31)53-23-24-54-36-18-14-16-32(26-36)28-38(40(50)56-44(4,5)6)34-20-22-48(30-34)42(52)58-46(10,11)12/h13-18,25-26,33-34,37-38H,19-24,27-30H2,1-12H3/t33-,34-,37-,38-/m0/s1. The van der Waals surface area contributed by atoms with Gasteiger partial charge in [-0.15, -0.1) is 0 Å². The third-order valence-electron chi connectivity index (χ3n) is 9.64. The highest BCUT2D eigenvalue weighted by molar-refractivity contribution is 5.75. The second kappa shape index (κ2) is 19.1. The molecule has 2 saturated heterocycles. The summed E-state index contributed by atoms with van der Waals surface area (Å²) in [5.41, 5.74) is -0.656. The summed E-state index contributed by atoms with van der Waals surface area (Å²) in [6.45, 7) is 24.6. The third-order valence-corrected chi connectivity index (χ3v) is 9.64. The van der Waals surface area contributed by atoms with E-state index in [0.717, 1.165) is 11.1 Å². The number of rotatable bonds is 13. The van der Waals surface area contributed by atoms with E-state index in [1.165, 1.54) is 0 Å². The molecule has 0 radical (unpaired) electrons. The second-order valence-electron chi connectivity index (χ2n) is 19.6. The molecule has 2 aromatic rings. The Labute approximate surface area is 346 Å². The number of hydrogen-bond acceptors (Lipinski definition) is 10. The van der Waals surface area contributed by atoms with E-state index in [2.05, 4.69) is 0 Å². The first-order valence-corrected chi connectivity index (χ1v) is 20.7. The average Bonchev–Trinajstić information content (AvgIpc) is 3.77. The number of benzene rings is 2. The van der Waals surface area contributed by atoms with Crippen LogP contribution >= 0.6 is 0 Å². The maximum atomic E-state index is 13.6. The average molecular weight is 809 g/mol. The molecule has 2 aliphatic rings. The monoisotopic (exact) mass is 808 g/mol. The fraction of sp³-hybridized carbons (Fsp3) is 0.652. The molecule has 0 saturated carbocycles. The zero-order valence-corrected chi connectivity index (χ0v) is 37.0. The fourth-order valence-electron chi connectivity index (χ4n) is 7.21. The molecule has 4 atom stereocenters. The molecule has 12 nitrogen and oxygen atoms in total. The summed E-state index contributed by atoms with van der Waals surface area (Å²) in [6, 6.07) is 15.4. The lowest BCUT2D eigenvalue weighted by Gasteiger charge is -2.28. The van der Waals surface area contributed by atoms with Gasteiger partial charge in [0.15, 0.2) is 0 Å². The van der Waals surface area contributed by atoms with Crippen molar-refractivity contribution in [3.05, 3.63) is 59.7 Å². The minimum absolute atomic E-state index is 0.0828. The lowest BCUT2D eigenvalue weighted by molar-refractivity contribution is -0.163. The van der Waals surface area contributed by atoms with Crippen LogP contribution in [-0.2, 0) is 41.4 Å². The van der Waals surface area contributed by atoms with Crippen LogP contribution in [0.3, 0.4) is 0 Å². The van der Waals surface area contributed by atoms with E-state index in [0.29, 0.717) is 63.4 Å². The number of carbonyl (C=O) groups excluding carboxylic acids is 4. The van der Waals surface area contributed by atoms with E-state index < -0.39 is 34.2 Å². The zero-order chi connectivity index (χ0) is 43.1. The lowest BCUT2D eigenvalue weighted by Crippen LogP contribution is -2.38. The van der Waals surface area contributed by atoms with Crippen molar-refractivity contribution in [1.82, 2.24) is 9.80 Å². The molecule has 0 aromatic heterocycles. The Bertz CT molecular complexity index is 1590. The molecule has 58 heavy (non-hydrogen) atoms. The van der Waals surface area contributed by atoms with Gasteiger partial charge in [-0.3, -0.25) is 9.59 Å². The first-order valence-electron chi connectivity index (χ1n) is 20.7. The number of carbonyl (C=O) groups is 4. The normalized spacial score (nSPS) is 18.6. The van der Waals surface area contributed by atoms with Crippen LogP contribution in [0.4, 0.5) is 9.59 Å². The molecule has 2 aromatic carbocycles. The van der Waals surface area contributed by atoms with Gasteiger partial charge in [0.05, 0.1) is 11.8 Å². The number of esters is 2. The van der Waals surface area contributed by atoms with Crippen molar-refractivity contribution in [2.45, 2.75) is 131 Å². The molecule has 0 unspecified atom stereocenters. The minimum atomic E-state index is -0.649. The van der Waals surface area contributed by atoms with Gasteiger partial charge in [-0.2, -0.15) is 0 Å². The van der Waals surface area contributed by atoms with Crippen LogP contribution < -0.4 is 9.47 Å². The molecule has 4 rings (SSSR count). The summed E-state index contributed by atoms with van der Waals surface area (Å²) in [4.78, 5) is 56.1. The van der Waals surface area contributed by atoms with Crippen molar-refractivity contribution < 1.29 is 47.6 Å². The predicted molar refractivity (Wildman–Crippen MR) is 222 cm³/mol. The summed E-state index contributed by atoms with van der Waals surface area (Å²) in [6.07, 6.45) is 1.48. The quantitative estimate of drug-likeness (QED) is 0.110. The number of ether oxygens (including phenoxy) is 6. The molecule has 12 heteroatoms. The van der Waals surface area contributed by atoms with Gasteiger partial charge >= 0.3 is 24.1 Å². The number of likely N-dealkylation sites (tertiary alicyclic amines) is 2. The summed E-state index contributed by atoms with van der Waals surface area (Å²) < 4.78 is 35.1. The van der Waals surface area contributed by atoms with Gasteiger partial charge in [-0.05, 0) is 156 Å². The summed E-state index contributed by atoms with van der Waals surface area (Å²) in [5, 5.41) is 0. The van der Waals surface area contributed by atoms with E-state index in [9.17, 15) is 19.2 Å². The smallest absolute Gasteiger partial charge is 0.410 e. The first-order chi connectivity index (χ1) is 26.8. The molecule has 2 heterocycles. The molecule has 2 aliphatic heterocycles. The van der Waals surface area contributed by atoms with E-state index in [-0.39, 0.29) is 49.2 Å². The molecular formula is C46H68N2O10. The Morgan fingerprint density at radius 1 is 0.552 bits per heavy atom. The lowest BCUT2D eigenvalue weighted by atomic mass is 9.86. The first kappa shape index (κ1) is 46.2. The highest BCUT2D eigenvalue weighted by Crippen LogP contribution is 2.33. The van der Waals surface area contributed by atoms with Crippen molar-refractivity contribution in [3.63, 3.8) is 0 Å². The van der Waals surface area contributed by atoms with Gasteiger partial charge < -0.3 is 38.2 Å². The van der Waals surface area contributed by atoms with Crippen molar-refractivity contribution in [1.29, 1.82) is 0 Å². The molecule has 2 amide bonds. The van der Waals surface area contributed by atoms with Gasteiger partial charge in [0.2, 0.25) is 0 Å². The van der Waals surface area contributed by atoms with Crippen molar-refractivity contribution in [2.24, 2.45) is 23.7 Å². The highest BCUT2D eigenvalue weighted by atomic mass is 16.6. The minimum Gasteiger partial charge on any atom is -0.490 e. The van der Waals surface area contributed by atoms with Crippen LogP contribution in [0.1, 0.15) is 107 Å². The molecule has 0 bridgehead atoms. The molecule has 322 valence electrons. The van der Waals surface area contributed by atoms with Gasteiger partial charge in [-0.1, -0.05) is 24.3 Å². The van der Waals surface area contributed by atoms with Crippen molar-refractivity contribution >= 4 is 24.1 Å². The van der Waals surface area contributed by atoms with Crippen LogP contribution in [0.5, 0.6) is 11.5 Å². The van der Waals surface area contributed by atoms with Crippen LogP contribution in [0.25, 0.3) is 0 Å². The largest absolute Gasteiger partial charge is 0.490 e. The maximum Gasteiger partial charge on any atom is 0.410 e. The number of amides is 2. The summed E-state index contributed by atoms with van der Waals surface area (Å²) in [5.74, 6) is -0.340. The van der Waals surface area contributed by atoms with Gasteiger partial charge in [-0.25, -0.2) is 9.59 Å². The molecule has 0 aliphatic carbocycles. The van der Waals surface area contributed by atoms with Crippen LogP contribution in [0.15, 0.2) is 48.5 Å². The molecule has 0 N–H and O–H groups in total. The Morgan fingerprint density at radius 3 is 1.22 bits per heavy atom. The van der Waals surface area contributed by atoms with Crippen molar-refractivity contribution in [2.75, 3.05) is 39.4 Å². The number of nitrogens with zero attached hydrogens (tertiary/aromatic N) is 2. The Morgan fingerprint density at radius 2 is 0.897 bits per heavy atom. The predicted octanol–water partition coefficient (Wildman–Crippen LogP) is 8.66. The van der Waals surface area contributed by atoms with Crippen molar-refractivity contribution in [3.8, 4) is 11.5 Å². The van der Waals surface area contributed by atoms with E-state index in [1.54, 1.807) is 9.80 Å². The zero-order valence-electron chi connectivity index (χ0n) is 37.0. The topological polar surface area (TPSA) is 130 Å². The Kier molecular flexibility index (Phi) is 15.2. The highest BCUT2D eigenvalue weighted by Gasteiger charge is 2.40. The summed E-state index contributed by atoms with van der Waals surface area (Å²) in [7, 11) is 0. The van der Waals surface area contributed by atoms with Gasteiger partial charge in [0, 0.05) is 26.2 Å². The third kappa shape index (κ3) is 15.4. The van der Waals surface area contributed by atoms with E-state index in [1.807, 2.05) is 132 Å². The molecular weight excluding hydrogens is 741 g/mol. The Balaban J connectivity index is 1.36. The van der Waals surface area contributed by atoms with Crippen LogP contribution in [0.2, 0.25) is 0 Å². The fourth-order valence-corrected chi connectivity index (χ4v) is 7.21. The van der Waals surface area contributed by atoms with Gasteiger partial charge in [0.25, 0.3) is 0 Å². The molecule has 0 spiro atoms. The maximum absolute atomic E-state index is 13.6. The van der Waals surface area contributed by atoms with Crippen LogP contribution in [-0.4, -0.2) is 95.7 Å².